The molecule has 0 saturated heterocycles. The summed E-state index contributed by atoms with van der Waals surface area (Å²) in [6.45, 7) is 0. The minimum atomic E-state index is 0.281. The number of aromatic hydroxyl groups is 1. The average Bonchev–Trinajstić information content (AvgIpc) is 4.06. The van der Waals surface area contributed by atoms with Crippen LogP contribution in [0.3, 0.4) is 0 Å². The van der Waals surface area contributed by atoms with E-state index in [2.05, 4.69) is 105 Å². The molecule has 3 aromatic heterocycles. The number of nitrogens with one attached hydrogen (secondary N) is 2. The van der Waals surface area contributed by atoms with Gasteiger partial charge in [-0.25, -0.2) is 9.97 Å². The van der Waals surface area contributed by atoms with E-state index in [1.54, 1.807) is 0 Å². The normalized spacial score (nSPS) is 11.6. The summed E-state index contributed by atoms with van der Waals surface area (Å²) >= 11 is 0. The molecule has 0 saturated carbocycles. The first-order valence-corrected chi connectivity index (χ1v) is 18.3. The van der Waals surface area contributed by atoms with Gasteiger partial charge in [0.05, 0.1) is 22.8 Å². The predicted molar refractivity (Wildman–Crippen MR) is 229 cm³/mol. The highest BCUT2D eigenvalue weighted by Gasteiger charge is 2.22. The van der Waals surface area contributed by atoms with E-state index in [9.17, 15) is 5.11 Å². The molecule has 8 aromatic rings. The third kappa shape index (κ3) is 7.28. The number of aromatic nitrogens is 4. The van der Waals surface area contributed by atoms with Gasteiger partial charge in [0.15, 0.2) is 0 Å². The van der Waals surface area contributed by atoms with Crippen LogP contribution < -0.4 is 0 Å². The van der Waals surface area contributed by atoms with Crippen molar-refractivity contribution in [1.29, 1.82) is 0 Å². The number of hydrogen-bond acceptors (Lipinski definition) is 3. The lowest BCUT2D eigenvalue weighted by molar-refractivity contribution is 0.478. The lowest BCUT2D eigenvalue weighted by atomic mass is 9.82. The van der Waals surface area contributed by atoms with Crippen LogP contribution in [0.1, 0.15) is 22.8 Å². The van der Waals surface area contributed by atoms with E-state index in [-0.39, 0.29) is 5.75 Å². The van der Waals surface area contributed by atoms with Crippen molar-refractivity contribution in [3.8, 4) is 50.3 Å². The predicted octanol–water partition coefficient (Wildman–Crippen LogP) is 12.7. The Kier molecular flexibility index (Phi) is 9.01. The minimum absolute atomic E-state index is 0.281. The Labute approximate surface area is 319 Å². The van der Waals surface area contributed by atoms with Crippen LogP contribution in [0.4, 0.5) is 0 Å². The zero-order valence-electron chi connectivity index (χ0n) is 29.9. The molecule has 0 atom stereocenters. The molecule has 5 aromatic carbocycles. The maximum Gasteiger partial charge on any atom is 0.124 e. The largest absolute Gasteiger partial charge is 0.507 e. The summed E-state index contributed by atoms with van der Waals surface area (Å²) in [7, 11) is 0. The molecule has 2 aliphatic heterocycles. The van der Waals surface area contributed by atoms with E-state index in [0.29, 0.717) is 0 Å². The number of phenolic OH excluding ortho intramolecular Hbond substituents is 1. The first-order valence-electron chi connectivity index (χ1n) is 18.3. The first-order chi connectivity index (χ1) is 27.1. The number of H-pyrrole nitrogens is 2. The molecule has 2 aliphatic rings. The minimum Gasteiger partial charge on any atom is -0.507 e. The van der Waals surface area contributed by atoms with Gasteiger partial charge in [-0.05, 0) is 112 Å². The zero-order chi connectivity index (χ0) is 37.0. The Hall–Kier alpha value is -7.50. The monoisotopic (exact) mass is 708 g/mol. The van der Waals surface area contributed by atoms with E-state index < -0.39 is 0 Å². The fourth-order valence-electron chi connectivity index (χ4n) is 7.15. The molecule has 55 heavy (non-hydrogen) atoms. The molecule has 0 amide bonds. The summed E-state index contributed by atoms with van der Waals surface area (Å²) in [5.74, 6) is 0.281. The second kappa shape index (κ2) is 14.9. The lowest BCUT2D eigenvalue weighted by Gasteiger charge is -2.22. The summed E-state index contributed by atoms with van der Waals surface area (Å²) in [4.78, 5) is 16.0. The molecule has 0 spiro atoms. The second-order valence-corrected chi connectivity index (χ2v) is 13.4. The average molecular weight is 709 g/mol. The van der Waals surface area contributed by atoms with Gasteiger partial charge < -0.3 is 15.1 Å². The van der Waals surface area contributed by atoms with Crippen LogP contribution >= 0.6 is 0 Å². The molecule has 5 heterocycles. The summed E-state index contributed by atoms with van der Waals surface area (Å²) < 4.78 is 0. The number of benzene rings is 5. The van der Waals surface area contributed by atoms with Crippen LogP contribution in [0, 0.1) is 0 Å². The Bertz CT molecular complexity index is 2680. The SMILES string of the molecule is C1=Cc2cc3ccc(cc4nc(cc5ccc(cc1n2)[nH]5)C=C4)[nH]3.Oc1cc(-c2ccccc2)c(-c2ccccc2)c(-c2ccccc2)c1-c1ccccc1. The highest BCUT2D eigenvalue weighted by atomic mass is 16.3. The van der Waals surface area contributed by atoms with Crippen molar-refractivity contribution in [2.24, 2.45) is 0 Å². The Balaban J connectivity index is 0.000000149. The van der Waals surface area contributed by atoms with Crippen molar-refractivity contribution in [2.75, 3.05) is 0 Å². The van der Waals surface area contributed by atoms with Crippen molar-refractivity contribution >= 4 is 46.4 Å². The summed E-state index contributed by atoms with van der Waals surface area (Å²) in [6, 6.07) is 59.5. The highest BCUT2D eigenvalue weighted by molar-refractivity contribution is 6.03. The van der Waals surface area contributed by atoms with Gasteiger partial charge in [0.25, 0.3) is 0 Å². The van der Waals surface area contributed by atoms with Crippen molar-refractivity contribution in [3.05, 3.63) is 199 Å². The topological polar surface area (TPSA) is 77.6 Å². The quantitative estimate of drug-likeness (QED) is 0.170. The molecule has 3 N–H and O–H groups in total. The maximum absolute atomic E-state index is 11.3. The molecule has 8 bridgehead atoms. The number of rotatable bonds is 4. The molecular formula is C50H36N4O. The number of nitrogens with zero attached hydrogens (tertiary/aromatic N) is 2. The summed E-state index contributed by atoms with van der Waals surface area (Å²) in [5, 5.41) is 11.3. The molecule has 5 nitrogen and oxygen atoms in total. The second-order valence-electron chi connectivity index (χ2n) is 13.4. The fraction of sp³-hybridized carbons (Fsp3) is 0. The number of aromatic amines is 2. The number of fused-ring (bicyclic) bond motifs is 8. The Morgan fingerprint density at radius 2 is 0.655 bits per heavy atom. The van der Waals surface area contributed by atoms with Crippen molar-refractivity contribution in [1.82, 2.24) is 19.9 Å². The van der Waals surface area contributed by atoms with Crippen LogP contribution in [0.15, 0.2) is 176 Å². The fourth-order valence-corrected chi connectivity index (χ4v) is 7.15. The van der Waals surface area contributed by atoms with Gasteiger partial charge in [0, 0.05) is 33.2 Å². The van der Waals surface area contributed by atoms with Crippen LogP contribution in [-0.2, 0) is 0 Å². The van der Waals surface area contributed by atoms with E-state index in [1.807, 2.05) is 115 Å². The Morgan fingerprint density at radius 1 is 0.327 bits per heavy atom. The summed E-state index contributed by atoms with van der Waals surface area (Å²) in [6.07, 6.45) is 8.09. The van der Waals surface area contributed by atoms with Gasteiger partial charge >= 0.3 is 0 Å². The molecule has 0 unspecified atom stereocenters. The van der Waals surface area contributed by atoms with E-state index in [4.69, 9.17) is 0 Å². The van der Waals surface area contributed by atoms with Crippen LogP contribution in [-0.4, -0.2) is 25.0 Å². The van der Waals surface area contributed by atoms with E-state index in [0.717, 1.165) is 89.4 Å². The first kappa shape index (κ1) is 33.3. The van der Waals surface area contributed by atoms with Crippen molar-refractivity contribution < 1.29 is 5.11 Å². The third-order valence-corrected chi connectivity index (χ3v) is 9.62. The maximum atomic E-state index is 11.3. The van der Waals surface area contributed by atoms with Gasteiger partial charge in [-0.1, -0.05) is 121 Å². The van der Waals surface area contributed by atoms with E-state index in [1.165, 1.54) is 0 Å². The Morgan fingerprint density at radius 3 is 1.04 bits per heavy atom. The van der Waals surface area contributed by atoms with Crippen molar-refractivity contribution in [3.63, 3.8) is 0 Å². The van der Waals surface area contributed by atoms with Gasteiger partial charge in [0.1, 0.15) is 5.75 Å². The molecule has 0 radical (unpaired) electrons. The molecule has 0 fully saturated rings. The molecule has 262 valence electrons. The molecular weight excluding hydrogens is 673 g/mol. The van der Waals surface area contributed by atoms with E-state index >= 15 is 0 Å². The van der Waals surface area contributed by atoms with Gasteiger partial charge in [-0.3, -0.25) is 0 Å². The number of phenols is 1. The van der Waals surface area contributed by atoms with Crippen molar-refractivity contribution in [2.45, 2.75) is 0 Å². The molecule has 10 rings (SSSR count). The van der Waals surface area contributed by atoms with Gasteiger partial charge in [-0.15, -0.1) is 0 Å². The zero-order valence-corrected chi connectivity index (χ0v) is 29.9. The molecule has 0 aliphatic carbocycles. The third-order valence-electron chi connectivity index (χ3n) is 9.62. The van der Waals surface area contributed by atoms with Gasteiger partial charge in [0.2, 0.25) is 0 Å². The highest BCUT2D eigenvalue weighted by Crippen LogP contribution is 2.49. The van der Waals surface area contributed by atoms with Crippen LogP contribution in [0.25, 0.3) is 90.9 Å². The van der Waals surface area contributed by atoms with Gasteiger partial charge in [-0.2, -0.15) is 0 Å². The lowest BCUT2D eigenvalue weighted by Crippen LogP contribution is -1.95. The van der Waals surface area contributed by atoms with Crippen LogP contribution in [0.5, 0.6) is 5.75 Å². The van der Waals surface area contributed by atoms with Crippen LogP contribution in [0.2, 0.25) is 0 Å². The standard InChI is InChI=1S/C30H22O.C20H14N4/c31-27-21-26(22-13-5-1-6-14-22)28(23-15-7-2-8-16-23)30(25-19-11-4-12-20-25)29(27)24-17-9-3-10-18-24;1-2-14-10-16-5-6-18(23-16)12-20-8-7-19(24-20)11-17-4-3-15(22-17)9-13(1)21-14/h1-21,31H;1-12,21,24H. The molecule has 5 heteroatoms. The smallest absolute Gasteiger partial charge is 0.124 e. The number of hydrogen-bond donors (Lipinski definition) is 3. The summed E-state index contributed by atoms with van der Waals surface area (Å²) in [5.41, 5.74) is 16.2.